The van der Waals surface area contributed by atoms with Crippen molar-refractivity contribution in [1.82, 2.24) is 4.90 Å². The maximum Gasteiger partial charge on any atom is 0.0681 e. The molecule has 138 valence electrons. The van der Waals surface area contributed by atoms with Crippen molar-refractivity contribution in [3.05, 3.63) is 65.9 Å². The molecule has 0 fully saturated rings. The second-order valence-electron chi connectivity index (χ2n) is 6.24. The summed E-state index contributed by atoms with van der Waals surface area (Å²) in [5.74, 6) is 0. The number of rotatable bonds is 11. The monoisotopic (exact) mass is 344 g/mol. The van der Waals surface area contributed by atoms with Crippen LogP contribution in [0, 0.1) is 0 Å². The average Bonchev–Trinajstić information content (AvgIpc) is 2.65. The summed E-state index contributed by atoms with van der Waals surface area (Å²) in [5.41, 5.74) is 3.95. The molecule has 0 aliphatic rings. The first-order chi connectivity index (χ1) is 12.0. The van der Waals surface area contributed by atoms with Crippen LogP contribution in [0.5, 0.6) is 0 Å². The van der Waals surface area contributed by atoms with Gasteiger partial charge in [0.25, 0.3) is 0 Å². The number of allylic oxidation sites excluding steroid dienone is 2. The number of nitrogens with zero attached hydrogens (tertiary/aromatic N) is 2. The molecule has 0 bridgehead atoms. The smallest absolute Gasteiger partial charge is 0.0681 e. The van der Waals surface area contributed by atoms with E-state index in [2.05, 4.69) is 48.7 Å². The quantitative estimate of drug-likeness (QED) is 0.477. The van der Waals surface area contributed by atoms with Gasteiger partial charge >= 0.3 is 0 Å². The predicted octanol–water partition coefficient (Wildman–Crippen LogP) is 3.34. The van der Waals surface area contributed by atoms with Crippen LogP contribution in [0.4, 0.5) is 5.69 Å². The Morgan fingerprint density at radius 2 is 1.68 bits per heavy atom. The molecule has 25 heavy (non-hydrogen) atoms. The molecule has 0 aromatic heterocycles. The minimum Gasteiger partial charge on any atom is -0.392 e. The minimum atomic E-state index is -0.0111. The number of likely N-dealkylation sites (N-methyl/N-ethyl adjacent to an activating group) is 1. The number of unbranched alkanes of at least 4 members (excludes halogenated alkanes) is 1. The molecule has 0 aliphatic carbocycles. The number of benzene rings is 1. The highest BCUT2D eigenvalue weighted by atomic mass is 16.3. The summed E-state index contributed by atoms with van der Waals surface area (Å²) in [6, 6.07) is 8.03. The van der Waals surface area contributed by atoms with Crippen molar-refractivity contribution < 1.29 is 10.2 Å². The summed E-state index contributed by atoms with van der Waals surface area (Å²) in [7, 11) is 4.18. The molecular weight excluding hydrogens is 312 g/mol. The molecule has 4 nitrogen and oxygen atoms in total. The molecule has 1 aromatic carbocycles. The van der Waals surface area contributed by atoms with E-state index in [1.807, 2.05) is 31.2 Å². The summed E-state index contributed by atoms with van der Waals surface area (Å²) in [5, 5.41) is 18.1. The lowest BCUT2D eigenvalue weighted by molar-refractivity contribution is 0.282. The molecule has 1 aromatic rings. The standard InChI is InChI=1S/C21H32N2O2/c1-5-20(11-8-18(2)16-24)22(3)14-6-7-15-23(4)21-12-9-19(17-25)10-13-21/h5,8-13,24-25H,2,6-7,14-17H2,1,3-4H3/b11-8-,20-5+. The zero-order valence-electron chi connectivity index (χ0n) is 15.8. The molecule has 0 saturated heterocycles. The zero-order valence-corrected chi connectivity index (χ0v) is 15.8. The maximum atomic E-state index is 9.10. The van der Waals surface area contributed by atoms with Gasteiger partial charge in [0.1, 0.15) is 0 Å². The first-order valence-corrected chi connectivity index (χ1v) is 8.77. The molecule has 2 N–H and O–H groups in total. The SMILES string of the molecule is C=C(/C=C\C(=C/C)N(C)CCCCN(C)c1ccc(CO)cc1)CO. The van der Waals surface area contributed by atoms with E-state index in [0.29, 0.717) is 5.57 Å². The Morgan fingerprint density at radius 1 is 1.04 bits per heavy atom. The van der Waals surface area contributed by atoms with E-state index in [4.69, 9.17) is 10.2 Å². The minimum absolute atomic E-state index is 0.0111. The van der Waals surface area contributed by atoms with Crippen molar-refractivity contribution in [2.45, 2.75) is 26.4 Å². The zero-order chi connectivity index (χ0) is 18.7. The van der Waals surface area contributed by atoms with Crippen molar-refractivity contribution in [3.8, 4) is 0 Å². The molecule has 0 spiro atoms. The van der Waals surface area contributed by atoms with Crippen molar-refractivity contribution in [2.75, 3.05) is 38.7 Å². The number of hydrogen-bond donors (Lipinski definition) is 2. The van der Waals surface area contributed by atoms with E-state index in [-0.39, 0.29) is 13.2 Å². The van der Waals surface area contributed by atoms with Crippen molar-refractivity contribution in [3.63, 3.8) is 0 Å². The second kappa shape index (κ2) is 11.5. The highest BCUT2D eigenvalue weighted by Crippen LogP contribution is 2.15. The van der Waals surface area contributed by atoms with Gasteiger partial charge in [0.2, 0.25) is 0 Å². The largest absolute Gasteiger partial charge is 0.392 e. The van der Waals surface area contributed by atoms with Crippen LogP contribution < -0.4 is 4.90 Å². The fraction of sp³-hybridized carbons (Fsp3) is 0.429. The highest BCUT2D eigenvalue weighted by molar-refractivity contribution is 5.46. The summed E-state index contributed by atoms with van der Waals surface area (Å²) in [4.78, 5) is 4.46. The third-order valence-corrected chi connectivity index (χ3v) is 4.23. The van der Waals surface area contributed by atoms with E-state index < -0.39 is 0 Å². The Kier molecular flexibility index (Phi) is 9.66. The lowest BCUT2D eigenvalue weighted by atomic mass is 10.2. The van der Waals surface area contributed by atoms with Gasteiger partial charge in [-0.3, -0.25) is 0 Å². The van der Waals surface area contributed by atoms with Gasteiger partial charge in [0.15, 0.2) is 0 Å². The van der Waals surface area contributed by atoms with Crippen LogP contribution in [0.3, 0.4) is 0 Å². The second-order valence-corrected chi connectivity index (χ2v) is 6.24. The fourth-order valence-electron chi connectivity index (χ4n) is 2.51. The lowest BCUT2D eigenvalue weighted by Crippen LogP contribution is -2.22. The predicted molar refractivity (Wildman–Crippen MR) is 107 cm³/mol. The summed E-state index contributed by atoms with van der Waals surface area (Å²) < 4.78 is 0. The maximum absolute atomic E-state index is 9.10. The molecule has 0 saturated carbocycles. The normalized spacial score (nSPS) is 11.8. The number of aliphatic hydroxyl groups is 2. The Bertz CT molecular complexity index is 576. The molecule has 4 heteroatoms. The fourth-order valence-corrected chi connectivity index (χ4v) is 2.51. The molecule has 1 rings (SSSR count). The van der Waals surface area contributed by atoms with Crippen molar-refractivity contribution >= 4 is 5.69 Å². The van der Waals surface area contributed by atoms with Gasteiger partial charge in [0.05, 0.1) is 13.2 Å². The van der Waals surface area contributed by atoms with Crippen LogP contribution >= 0.6 is 0 Å². The molecule has 0 atom stereocenters. The van der Waals surface area contributed by atoms with Gasteiger partial charge in [0, 0.05) is 38.6 Å². The molecule has 0 amide bonds. The van der Waals surface area contributed by atoms with Crippen LogP contribution in [0.15, 0.2) is 60.3 Å². The summed E-state index contributed by atoms with van der Waals surface area (Å²) >= 11 is 0. The molecule has 0 aliphatic heterocycles. The van der Waals surface area contributed by atoms with Crippen molar-refractivity contribution in [1.29, 1.82) is 0 Å². The Labute approximate surface area is 152 Å². The number of aliphatic hydroxyl groups excluding tert-OH is 2. The van der Waals surface area contributed by atoms with Gasteiger partial charge in [-0.25, -0.2) is 0 Å². The van der Waals surface area contributed by atoms with Gasteiger partial charge in [-0.2, -0.15) is 0 Å². The Morgan fingerprint density at radius 3 is 2.24 bits per heavy atom. The molecular formula is C21H32N2O2. The van der Waals surface area contributed by atoms with Crippen molar-refractivity contribution in [2.24, 2.45) is 0 Å². The van der Waals surface area contributed by atoms with E-state index in [1.165, 1.54) is 5.69 Å². The van der Waals surface area contributed by atoms with E-state index in [0.717, 1.165) is 37.2 Å². The summed E-state index contributed by atoms with van der Waals surface area (Å²) in [6.45, 7) is 7.84. The third kappa shape index (κ3) is 7.59. The molecule has 0 unspecified atom stereocenters. The summed E-state index contributed by atoms with van der Waals surface area (Å²) in [6.07, 6.45) is 8.12. The topological polar surface area (TPSA) is 46.9 Å². The number of anilines is 1. The van der Waals surface area contributed by atoms with Crippen LogP contribution in [0.25, 0.3) is 0 Å². The van der Waals surface area contributed by atoms with Crippen LogP contribution in [0.2, 0.25) is 0 Å². The van der Waals surface area contributed by atoms with Crippen LogP contribution in [-0.2, 0) is 6.61 Å². The first kappa shape index (κ1) is 21.0. The van der Waals surface area contributed by atoms with Gasteiger partial charge in [-0.15, -0.1) is 0 Å². The average molecular weight is 344 g/mol. The molecule has 0 heterocycles. The number of hydrogen-bond acceptors (Lipinski definition) is 4. The van der Waals surface area contributed by atoms with Gasteiger partial charge in [-0.1, -0.05) is 30.9 Å². The Hall–Kier alpha value is -2.04. The lowest BCUT2D eigenvalue weighted by Gasteiger charge is -2.22. The first-order valence-electron chi connectivity index (χ1n) is 8.77. The highest BCUT2D eigenvalue weighted by Gasteiger charge is 2.03. The third-order valence-electron chi connectivity index (χ3n) is 4.23. The van der Waals surface area contributed by atoms with E-state index >= 15 is 0 Å². The van der Waals surface area contributed by atoms with Crippen LogP contribution in [-0.4, -0.2) is 48.9 Å². The van der Waals surface area contributed by atoms with E-state index in [9.17, 15) is 0 Å². The Balaban J connectivity index is 2.37. The van der Waals surface area contributed by atoms with Crippen LogP contribution in [0.1, 0.15) is 25.3 Å². The molecule has 0 radical (unpaired) electrons. The van der Waals surface area contributed by atoms with Gasteiger partial charge in [-0.05, 0) is 49.1 Å². The van der Waals surface area contributed by atoms with E-state index in [1.54, 1.807) is 0 Å². The van der Waals surface area contributed by atoms with Gasteiger partial charge < -0.3 is 20.0 Å².